The van der Waals surface area contributed by atoms with Gasteiger partial charge in [-0.05, 0) is 73.4 Å². The van der Waals surface area contributed by atoms with E-state index < -0.39 is 5.97 Å². The van der Waals surface area contributed by atoms with Crippen LogP contribution in [0.25, 0.3) is 5.69 Å². The van der Waals surface area contributed by atoms with Crippen molar-refractivity contribution < 1.29 is 14.6 Å². The van der Waals surface area contributed by atoms with Gasteiger partial charge in [0.05, 0.1) is 11.4 Å². The van der Waals surface area contributed by atoms with E-state index in [9.17, 15) is 9.90 Å². The number of hydrogen-bond acceptors (Lipinski definition) is 3. The number of hydrogen-bond donors (Lipinski definition) is 1. The van der Waals surface area contributed by atoms with Gasteiger partial charge in [-0.15, -0.1) is 0 Å². The molecule has 2 unspecified atom stereocenters. The predicted molar refractivity (Wildman–Crippen MR) is 126 cm³/mol. The van der Waals surface area contributed by atoms with E-state index in [1.54, 1.807) is 10.9 Å². The van der Waals surface area contributed by atoms with Crippen molar-refractivity contribution in [2.24, 2.45) is 0 Å². The lowest BCUT2D eigenvalue weighted by molar-refractivity contribution is -0.000881. The lowest BCUT2D eigenvalue weighted by Gasteiger charge is -2.25. The van der Waals surface area contributed by atoms with E-state index in [0.29, 0.717) is 18.0 Å². The summed E-state index contributed by atoms with van der Waals surface area (Å²) in [4.78, 5) is 11.2. The zero-order chi connectivity index (χ0) is 23.1. The fourth-order valence-corrected chi connectivity index (χ4v) is 4.68. The average Bonchev–Trinajstić information content (AvgIpc) is 3.44. The minimum absolute atomic E-state index is 0.0375. The van der Waals surface area contributed by atoms with Gasteiger partial charge in [-0.1, -0.05) is 29.8 Å². The van der Waals surface area contributed by atoms with Crippen LogP contribution in [0, 0.1) is 13.8 Å². The molecule has 0 spiro atoms. The Morgan fingerprint density at radius 2 is 1.94 bits per heavy atom. The third kappa shape index (κ3) is 3.96. The van der Waals surface area contributed by atoms with Crippen molar-refractivity contribution in [1.29, 1.82) is 0 Å². The Bertz CT molecular complexity index is 1340. The van der Waals surface area contributed by atoms with Crippen molar-refractivity contribution in [3.05, 3.63) is 106 Å². The largest absolute Gasteiger partial charge is 0.476 e. The SMILES string of the molecule is Cc1cccc(C2OC(CCn3ccc(C(=O)O)n3)c3cccn3-c3ccc(Cl)cc32)c1C. The second-order valence-corrected chi connectivity index (χ2v) is 8.79. The maximum atomic E-state index is 11.2. The van der Waals surface area contributed by atoms with Crippen LogP contribution in [0.15, 0.2) is 67.0 Å². The predicted octanol–water partition coefficient (Wildman–Crippen LogP) is 5.89. The lowest BCUT2D eigenvalue weighted by atomic mass is 9.93. The van der Waals surface area contributed by atoms with Crippen molar-refractivity contribution in [2.45, 2.75) is 39.0 Å². The molecule has 5 rings (SSSR count). The first-order valence-corrected chi connectivity index (χ1v) is 11.3. The van der Waals surface area contributed by atoms with Gasteiger partial charge >= 0.3 is 5.97 Å². The van der Waals surface area contributed by atoms with Crippen molar-refractivity contribution >= 4 is 17.6 Å². The van der Waals surface area contributed by atoms with E-state index in [4.69, 9.17) is 16.3 Å². The molecule has 7 heteroatoms. The van der Waals surface area contributed by atoms with Crippen LogP contribution < -0.4 is 0 Å². The Hall–Kier alpha value is -3.35. The van der Waals surface area contributed by atoms with Crippen molar-refractivity contribution in [3.63, 3.8) is 0 Å². The first-order chi connectivity index (χ1) is 15.9. The molecule has 0 radical (unpaired) electrons. The summed E-state index contributed by atoms with van der Waals surface area (Å²) < 4.78 is 10.7. The van der Waals surface area contributed by atoms with Crippen LogP contribution >= 0.6 is 11.6 Å². The van der Waals surface area contributed by atoms with E-state index in [1.807, 2.05) is 30.5 Å². The van der Waals surface area contributed by atoms with Gasteiger partial charge in [0.25, 0.3) is 0 Å². The molecule has 0 fully saturated rings. The second-order valence-electron chi connectivity index (χ2n) is 8.36. The topological polar surface area (TPSA) is 69.3 Å². The number of nitrogens with zero attached hydrogens (tertiary/aromatic N) is 3. The van der Waals surface area contributed by atoms with Crippen LogP contribution in [0.1, 0.15) is 57.1 Å². The number of carboxylic acids is 1. The highest BCUT2D eigenvalue weighted by atomic mass is 35.5. The van der Waals surface area contributed by atoms with Gasteiger partial charge in [0.2, 0.25) is 0 Å². The number of halogens is 1. The summed E-state index contributed by atoms with van der Waals surface area (Å²) in [6.45, 7) is 4.75. The monoisotopic (exact) mass is 461 g/mol. The molecule has 33 heavy (non-hydrogen) atoms. The van der Waals surface area contributed by atoms with Crippen LogP contribution in [-0.4, -0.2) is 25.4 Å². The minimum atomic E-state index is -1.03. The zero-order valence-corrected chi connectivity index (χ0v) is 19.2. The van der Waals surface area contributed by atoms with E-state index in [0.717, 1.165) is 22.5 Å². The van der Waals surface area contributed by atoms with E-state index >= 15 is 0 Å². The van der Waals surface area contributed by atoms with E-state index in [-0.39, 0.29) is 17.9 Å². The third-order valence-corrected chi connectivity index (χ3v) is 6.59. The second kappa shape index (κ2) is 8.54. The number of benzene rings is 2. The molecule has 168 valence electrons. The summed E-state index contributed by atoms with van der Waals surface area (Å²) in [5.74, 6) is -1.03. The molecule has 1 aliphatic rings. The van der Waals surface area contributed by atoms with Gasteiger partial charge in [-0.25, -0.2) is 4.79 Å². The molecule has 4 aromatic rings. The first kappa shape index (κ1) is 21.5. The lowest BCUT2D eigenvalue weighted by Crippen LogP contribution is -2.14. The highest BCUT2D eigenvalue weighted by molar-refractivity contribution is 6.30. The fourth-order valence-electron chi connectivity index (χ4n) is 4.50. The molecule has 0 saturated carbocycles. The molecule has 1 aliphatic heterocycles. The highest BCUT2D eigenvalue weighted by Crippen LogP contribution is 2.43. The maximum Gasteiger partial charge on any atom is 0.356 e. The molecule has 3 heterocycles. The van der Waals surface area contributed by atoms with E-state index in [1.165, 1.54) is 17.2 Å². The number of carbonyl (C=O) groups is 1. The van der Waals surface area contributed by atoms with Gasteiger partial charge < -0.3 is 14.4 Å². The van der Waals surface area contributed by atoms with Crippen molar-refractivity contribution in [3.8, 4) is 5.69 Å². The number of aryl methyl sites for hydroxylation is 2. The average molecular weight is 462 g/mol. The van der Waals surface area contributed by atoms with E-state index in [2.05, 4.69) is 47.8 Å². The van der Waals surface area contributed by atoms with Crippen LogP contribution in [-0.2, 0) is 11.3 Å². The Morgan fingerprint density at radius 3 is 2.73 bits per heavy atom. The van der Waals surface area contributed by atoms with Crippen molar-refractivity contribution in [2.75, 3.05) is 0 Å². The van der Waals surface area contributed by atoms with Gasteiger partial charge in [0.15, 0.2) is 5.69 Å². The highest BCUT2D eigenvalue weighted by Gasteiger charge is 2.31. The Labute approximate surface area is 197 Å². The fraction of sp³-hybridized carbons (Fsp3) is 0.231. The number of aromatic nitrogens is 3. The number of carboxylic acid groups (broad SMARTS) is 1. The van der Waals surface area contributed by atoms with Gasteiger partial charge in [0, 0.05) is 29.5 Å². The Morgan fingerprint density at radius 1 is 1.09 bits per heavy atom. The van der Waals surface area contributed by atoms with Gasteiger partial charge in [-0.2, -0.15) is 5.10 Å². The molecule has 0 amide bonds. The quantitative estimate of drug-likeness (QED) is 0.402. The molecule has 2 aromatic carbocycles. The molecule has 0 aliphatic carbocycles. The molecular weight excluding hydrogens is 438 g/mol. The Kier molecular flexibility index (Phi) is 5.56. The van der Waals surface area contributed by atoms with Crippen LogP contribution in [0.5, 0.6) is 0 Å². The molecule has 0 bridgehead atoms. The molecule has 2 atom stereocenters. The molecule has 0 saturated heterocycles. The summed E-state index contributed by atoms with van der Waals surface area (Å²) in [5, 5.41) is 14.0. The van der Waals surface area contributed by atoms with Gasteiger partial charge in [0.1, 0.15) is 12.2 Å². The minimum Gasteiger partial charge on any atom is -0.476 e. The third-order valence-electron chi connectivity index (χ3n) is 6.35. The first-order valence-electron chi connectivity index (χ1n) is 10.9. The summed E-state index contributed by atoms with van der Waals surface area (Å²) >= 11 is 6.44. The summed E-state index contributed by atoms with van der Waals surface area (Å²) in [7, 11) is 0. The maximum absolute atomic E-state index is 11.2. The zero-order valence-electron chi connectivity index (χ0n) is 18.4. The molecule has 2 aromatic heterocycles. The summed E-state index contributed by atoms with van der Waals surface area (Å²) in [6.07, 6.45) is 3.84. The van der Waals surface area contributed by atoms with Gasteiger partial charge in [-0.3, -0.25) is 4.68 Å². The van der Waals surface area contributed by atoms with Crippen LogP contribution in [0.3, 0.4) is 0 Å². The number of ether oxygens (including phenoxy) is 1. The molecule has 1 N–H and O–H groups in total. The number of aromatic carboxylic acids is 1. The standard InChI is InChI=1S/C26H24ClN3O3/c1-16-5-3-6-19(17(16)2)25-20-15-18(27)8-9-22(20)30-12-4-7-23(30)24(33-25)11-14-29-13-10-21(28-29)26(31)32/h3-10,12-13,15,24-25H,11,14H2,1-2H3,(H,31,32). The molecule has 6 nitrogen and oxygen atoms in total. The van der Waals surface area contributed by atoms with Crippen molar-refractivity contribution in [1.82, 2.24) is 14.3 Å². The molecular formula is C26H24ClN3O3. The van der Waals surface area contributed by atoms with Crippen LogP contribution in [0.2, 0.25) is 5.02 Å². The Balaban J connectivity index is 1.57. The summed E-state index contributed by atoms with van der Waals surface area (Å²) in [6, 6.07) is 17.8. The number of fused-ring (bicyclic) bond motifs is 3. The summed E-state index contributed by atoms with van der Waals surface area (Å²) in [5.41, 5.74) is 6.65. The smallest absolute Gasteiger partial charge is 0.356 e. The normalized spacial score (nSPS) is 17.3. The van der Waals surface area contributed by atoms with Crippen LogP contribution in [0.4, 0.5) is 0 Å². The number of rotatable bonds is 5.